The predicted octanol–water partition coefficient (Wildman–Crippen LogP) is 3.70. The van der Waals surface area contributed by atoms with Crippen LogP contribution in [0.25, 0.3) is 11.1 Å². The van der Waals surface area contributed by atoms with Gasteiger partial charge in [0.2, 0.25) is 5.91 Å². The summed E-state index contributed by atoms with van der Waals surface area (Å²) in [7, 11) is 0. The third-order valence-corrected chi connectivity index (χ3v) is 5.25. The molecule has 4 heteroatoms. The third-order valence-electron chi connectivity index (χ3n) is 5.25. The molecule has 2 aromatic rings. The van der Waals surface area contributed by atoms with Crippen molar-refractivity contribution in [3.63, 3.8) is 0 Å². The predicted molar refractivity (Wildman–Crippen MR) is 104 cm³/mol. The number of nitrogens with two attached hydrogens (primary N) is 1. The van der Waals surface area contributed by atoms with Crippen LogP contribution in [0.4, 0.5) is 0 Å². The van der Waals surface area contributed by atoms with Gasteiger partial charge in [0.15, 0.2) is 5.78 Å². The van der Waals surface area contributed by atoms with Crippen molar-refractivity contribution in [2.75, 3.05) is 6.54 Å². The minimum Gasteiger partial charge on any atom is -0.349 e. The maximum absolute atomic E-state index is 12.4. The van der Waals surface area contributed by atoms with Gasteiger partial charge in [0.05, 0.1) is 5.54 Å². The molecule has 0 atom stereocenters. The Morgan fingerprint density at radius 3 is 2.12 bits per heavy atom. The van der Waals surface area contributed by atoms with Crippen molar-refractivity contribution < 1.29 is 9.59 Å². The fourth-order valence-electron chi connectivity index (χ4n) is 3.64. The fourth-order valence-corrected chi connectivity index (χ4v) is 3.64. The fraction of sp³-hybridized carbons (Fsp3) is 0.364. The Labute approximate surface area is 154 Å². The van der Waals surface area contributed by atoms with Crippen LogP contribution in [-0.4, -0.2) is 23.8 Å². The Morgan fingerprint density at radius 2 is 1.50 bits per heavy atom. The van der Waals surface area contributed by atoms with Gasteiger partial charge in [-0.3, -0.25) is 9.59 Å². The number of amides is 1. The normalized spacial score (nSPS) is 15.6. The first-order valence-corrected chi connectivity index (χ1v) is 9.32. The van der Waals surface area contributed by atoms with E-state index in [-0.39, 0.29) is 30.1 Å². The smallest absolute Gasteiger partial charge is 0.220 e. The first-order valence-electron chi connectivity index (χ1n) is 9.32. The topological polar surface area (TPSA) is 72.2 Å². The largest absolute Gasteiger partial charge is 0.349 e. The Bertz CT molecular complexity index is 747. The van der Waals surface area contributed by atoms with Crippen LogP contribution >= 0.6 is 0 Å². The maximum atomic E-state index is 12.4. The molecule has 2 aromatic carbocycles. The van der Waals surface area contributed by atoms with Crippen LogP contribution in [0.2, 0.25) is 0 Å². The highest BCUT2D eigenvalue weighted by Gasteiger charge is 2.33. The van der Waals surface area contributed by atoms with Gasteiger partial charge in [-0.15, -0.1) is 0 Å². The van der Waals surface area contributed by atoms with Crippen molar-refractivity contribution in [1.29, 1.82) is 0 Å². The molecule has 0 unspecified atom stereocenters. The van der Waals surface area contributed by atoms with Gasteiger partial charge in [-0.1, -0.05) is 67.4 Å². The molecule has 0 spiro atoms. The Morgan fingerprint density at radius 1 is 0.885 bits per heavy atom. The SMILES string of the molecule is NCC1(NC(=O)CCC(=O)c2ccc(-c3ccccc3)cc2)CCCC1. The molecule has 1 amide bonds. The molecule has 1 saturated carbocycles. The standard InChI is InChI=1S/C22H26N2O2/c23-16-22(14-4-5-15-22)24-21(26)13-12-20(25)19-10-8-18(9-11-19)17-6-2-1-3-7-17/h1-3,6-11H,4-5,12-16,23H2,(H,24,26). The molecule has 1 aliphatic carbocycles. The van der Waals surface area contributed by atoms with Crippen LogP contribution in [0.5, 0.6) is 0 Å². The van der Waals surface area contributed by atoms with Crippen LogP contribution in [-0.2, 0) is 4.79 Å². The van der Waals surface area contributed by atoms with Gasteiger partial charge < -0.3 is 11.1 Å². The molecule has 0 bridgehead atoms. The van der Waals surface area contributed by atoms with Crippen molar-refractivity contribution in [2.24, 2.45) is 5.73 Å². The average molecular weight is 350 g/mol. The number of rotatable bonds is 7. The van der Waals surface area contributed by atoms with Crippen LogP contribution in [0.15, 0.2) is 54.6 Å². The van der Waals surface area contributed by atoms with Gasteiger partial charge in [0.1, 0.15) is 0 Å². The molecule has 0 saturated heterocycles. The summed E-state index contributed by atoms with van der Waals surface area (Å²) in [5, 5.41) is 3.06. The number of hydrogen-bond donors (Lipinski definition) is 2. The number of carbonyl (C=O) groups excluding carboxylic acids is 2. The summed E-state index contributed by atoms with van der Waals surface area (Å²) in [5.41, 5.74) is 8.43. The number of nitrogens with one attached hydrogen (secondary N) is 1. The molecule has 0 radical (unpaired) electrons. The van der Waals surface area contributed by atoms with Crippen molar-refractivity contribution in [1.82, 2.24) is 5.32 Å². The first kappa shape index (κ1) is 18.3. The Balaban J connectivity index is 1.54. The van der Waals surface area contributed by atoms with Gasteiger partial charge in [-0.2, -0.15) is 0 Å². The van der Waals surface area contributed by atoms with Crippen LogP contribution in [0.3, 0.4) is 0 Å². The highest BCUT2D eigenvalue weighted by atomic mass is 16.2. The van der Waals surface area contributed by atoms with Crippen molar-refractivity contribution in [3.8, 4) is 11.1 Å². The Kier molecular flexibility index (Phi) is 5.84. The summed E-state index contributed by atoms with van der Waals surface area (Å²) in [5.74, 6) is -0.0837. The maximum Gasteiger partial charge on any atom is 0.220 e. The molecule has 1 aliphatic rings. The lowest BCUT2D eigenvalue weighted by Gasteiger charge is -2.28. The summed E-state index contributed by atoms with van der Waals surface area (Å²) in [4.78, 5) is 24.6. The summed E-state index contributed by atoms with van der Waals surface area (Å²) in [6.07, 6.45) is 4.50. The molecule has 0 aliphatic heterocycles. The zero-order chi connectivity index (χ0) is 18.4. The molecule has 3 N–H and O–H groups in total. The van der Waals surface area contributed by atoms with E-state index in [0.717, 1.165) is 36.8 Å². The molecule has 3 rings (SSSR count). The van der Waals surface area contributed by atoms with Crippen LogP contribution < -0.4 is 11.1 Å². The molecule has 1 fully saturated rings. The van der Waals surface area contributed by atoms with Gasteiger partial charge in [-0.25, -0.2) is 0 Å². The highest BCUT2D eigenvalue weighted by molar-refractivity contribution is 5.98. The van der Waals surface area contributed by atoms with E-state index in [4.69, 9.17) is 5.73 Å². The van der Waals surface area contributed by atoms with E-state index in [2.05, 4.69) is 5.32 Å². The van der Waals surface area contributed by atoms with Gasteiger partial charge in [0, 0.05) is 24.9 Å². The highest BCUT2D eigenvalue weighted by Crippen LogP contribution is 2.28. The first-order chi connectivity index (χ1) is 12.6. The zero-order valence-electron chi connectivity index (χ0n) is 15.0. The van der Waals surface area contributed by atoms with E-state index in [0.29, 0.717) is 12.1 Å². The molecular weight excluding hydrogens is 324 g/mol. The van der Waals surface area contributed by atoms with Gasteiger partial charge in [0.25, 0.3) is 0 Å². The van der Waals surface area contributed by atoms with E-state index in [1.165, 1.54) is 0 Å². The van der Waals surface area contributed by atoms with Gasteiger partial charge in [-0.05, 0) is 24.0 Å². The molecule has 4 nitrogen and oxygen atoms in total. The average Bonchev–Trinajstić information content (AvgIpc) is 3.16. The summed E-state index contributed by atoms with van der Waals surface area (Å²) >= 11 is 0. The lowest BCUT2D eigenvalue weighted by atomic mass is 9.97. The monoisotopic (exact) mass is 350 g/mol. The van der Waals surface area contributed by atoms with E-state index < -0.39 is 0 Å². The summed E-state index contributed by atoms with van der Waals surface area (Å²) in [6, 6.07) is 17.6. The molecule has 136 valence electrons. The molecular formula is C22H26N2O2. The van der Waals surface area contributed by atoms with Gasteiger partial charge >= 0.3 is 0 Å². The third kappa shape index (κ3) is 4.38. The second-order valence-electron chi connectivity index (χ2n) is 7.11. The minimum absolute atomic E-state index is 0.00650. The van der Waals surface area contributed by atoms with E-state index in [1.807, 2.05) is 54.6 Å². The Hall–Kier alpha value is -2.46. The van der Waals surface area contributed by atoms with E-state index >= 15 is 0 Å². The number of Topliss-reactive ketones (excluding diaryl/α,β-unsaturated/α-hetero) is 1. The lowest BCUT2D eigenvalue weighted by Crippen LogP contribution is -2.51. The minimum atomic E-state index is -0.253. The van der Waals surface area contributed by atoms with E-state index in [9.17, 15) is 9.59 Å². The zero-order valence-corrected chi connectivity index (χ0v) is 15.0. The van der Waals surface area contributed by atoms with Crippen molar-refractivity contribution in [3.05, 3.63) is 60.2 Å². The molecule has 26 heavy (non-hydrogen) atoms. The summed E-state index contributed by atoms with van der Waals surface area (Å²) < 4.78 is 0. The molecule has 0 aromatic heterocycles. The number of ketones is 1. The van der Waals surface area contributed by atoms with Crippen LogP contribution in [0.1, 0.15) is 48.9 Å². The summed E-state index contributed by atoms with van der Waals surface area (Å²) in [6.45, 7) is 0.466. The lowest BCUT2D eigenvalue weighted by molar-refractivity contribution is -0.122. The quantitative estimate of drug-likeness (QED) is 0.748. The van der Waals surface area contributed by atoms with E-state index in [1.54, 1.807) is 0 Å². The molecule has 0 heterocycles. The van der Waals surface area contributed by atoms with Crippen LogP contribution in [0, 0.1) is 0 Å². The second kappa shape index (κ2) is 8.28. The van der Waals surface area contributed by atoms with Crippen molar-refractivity contribution in [2.45, 2.75) is 44.1 Å². The second-order valence-corrected chi connectivity index (χ2v) is 7.11. The van der Waals surface area contributed by atoms with Crippen molar-refractivity contribution >= 4 is 11.7 Å². The number of carbonyl (C=O) groups is 2. The number of benzene rings is 2. The number of hydrogen-bond acceptors (Lipinski definition) is 3.